The minimum Gasteiger partial charge on any atom is -0.482 e. The van der Waals surface area contributed by atoms with Gasteiger partial charge < -0.3 is 19.5 Å². The fraction of sp³-hybridized carbons (Fsp3) is 0.500. The topological polar surface area (TPSA) is 59.0 Å². The maximum atomic E-state index is 12.0. The standard InChI is InChI=1S/C14H17NO4/c16-12(10-5-6-18-8-10)7-15-11-3-1-2-4-13(11)19-9-14(15)17/h1-4,10,12,16H,5-9H2. The molecule has 0 saturated carbocycles. The van der Waals surface area contributed by atoms with E-state index in [2.05, 4.69) is 0 Å². The zero-order valence-electron chi connectivity index (χ0n) is 10.6. The average molecular weight is 263 g/mol. The second kappa shape index (κ2) is 5.19. The first-order chi connectivity index (χ1) is 9.25. The number of carbonyl (C=O) groups excluding carboxylic acids is 1. The minimum atomic E-state index is -0.558. The molecule has 5 heteroatoms. The van der Waals surface area contributed by atoms with Crippen molar-refractivity contribution in [1.82, 2.24) is 0 Å². The Morgan fingerprint density at radius 3 is 3.05 bits per heavy atom. The highest BCUT2D eigenvalue weighted by molar-refractivity contribution is 5.97. The van der Waals surface area contributed by atoms with Crippen molar-refractivity contribution in [2.24, 2.45) is 5.92 Å². The van der Waals surface area contributed by atoms with Crippen LogP contribution in [0.1, 0.15) is 6.42 Å². The summed E-state index contributed by atoms with van der Waals surface area (Å²) in [6.45, 7) is 1.59. The van der Waals surface area contributed by atoms with Gasteiger partial charge in [0.05, 0.1) is 24.9 Å². The fourth-order valence-corrected chi connectivity index (χ4v) is 2.55. The molecule has 1 aromatic rings. The normalized spacial score (nSPS) is 23.9. The van der Waals surface area contributed by atoms with Crippen LogP contribution in [0.2, 0.25) is 0 Å². The van der Waals surface area contributed by atoms with E-state index in [4.69, 9.17) is 9.47 Å². The van der Waals surface area contributed by atoms with Crippen molar-refractivity contribution in [3.63, 3.8) is 0 Å². The van der Waals surface area contributed by atoms with Crippen LogP contribution >= 0.6 is 0 Å². The molecule has 2 unspecified atom stereocenters. The lowest BCUT2D eigenvalue weighted by atomic mass is 10.0. The molecule has 19 heavy (non-hydrogen) atoms. The number of hydrogen-bond acceptors (Lipinski definition) is 4. The molecule has 2 heterocycles. The summed E-state index contributed by atoms with van der Waals surface area (Å²) >= 11 is 0. The van der Waals surface area contributed by atoms with Gasteiger partial charge in [-0.15, -0.1) is 0 Å². The van der Waals surface area contributed by atoms with Crippen LogP contribution in [0.15, 0.2) is 24.3 Å². The number of amides is 1. The maximum Gasteiger partial charge on any atom is 0.265 e. The molecule has 1 fully saturated rings. The third kappa shape index (κ3) is 2.43. The molecule has 2 atom stereocenters. The summed E-state index contributed by atoms with van der Waals surface area (Å²) in [5.74, 6) is 0.691. The number of β-amino-alcohol motifs (C(OH)–C–C–N with tert-alkyl or cyclic N) is 1. The van der Waals surface area contributed by atoms with Gasteiger partial charge in [-0.25, -0.2) is 0 Å². The van der Waals surface area contributed by atoms with Crippen molar-refractivity contribution in [1.29, 1.82) is 0 Å². The van der Waals surface area contributed by atoms with Gasteiger partial charge in [0.25, 0.3) is 5.91 Å². The van der Waals surface area contributed by atoms with Crippen molar-refractivity contribution >= 4 is 11.6 Å². The van der Waals surface area contributed by atoms with Crippen molar-refractivity contribution in [2.75, 3.05) is 31.3 Å². The number of carbonyl (C=O) groups is 1. The molecule has 2 aliphatic rings. The number of hydrogen-bond donors (Lipinski definition) is 1. The summed E-state index contributed by atoms with van der Waals surface area (Å²) in [6, 6.07) is 7.40. The highest BCUT2D eigenvalue weighted by Gasteiger charge is 2.31. The van der Waals surface area contributed by atoms with Gasteiger partial charge in [0.1, 0.15) is 5.75 Å². The number of ether oxygens (including phenoxy) is 2. The largest absolute Gasteiger partial charge is 0.482 e. The maximum absolute atomic E-state index is 12.0. The number of nitrogens with zero attached hydrogens (tertiary/aromatic N) is 1. The molecule has 2 aliphatic heterocycles. The number of aliphatic hydroxyl groups excluding tert-OH is 1. The van der Waals surface area contributed by atoms with Crippen molar-refractivity contribution in [2.45, 2.75) is 12.5 Å². The molecule has 1 N–H and O–H groups in total. The Morgan fingerprint density at radius 2 is 2.26 bits per heavy atom. The van der Waals surface area contributed by atoms with Gasteiger partial charge in [-0.1, -0.05) is 12.1 Å². The van der Waals surface area contributed by atoms with E-state index in [0.717, 1.165) is 12.1 Å². The SMILES string of the molecule is O=C1COc2ccccc2N1CC(O)C1CCOC1. The Bertz CT molecular complexity index is 470. The summed E-state index contributed by atoms with van der Waals surface area (Å²) in [7, 11) is 0. The van der Waals surface area contributed by atoms with Gasteiger partial charge in [0, 0.05) is 12.5 Å². The van der Waals surface area contributed by atoms with Crippen molar-refractivity contribution in [3.8, 4) is 5.75 Å². The van der Waals surface area contributed by atoms with Gasteiger partial charge in [0.2, 0.25) is 0 Å². The summed E-state index contributed by atoms with van der Waals surface area (Å²) in [5.41, 5.74) is 0.733. The molecular formula is C14H17NO4. The van der Waals surface area contributed by atoms with E-state index in [0.29, 0.717) is 25.5 Å². The number of anilines is 1. The predicted molar refractivity (Wildman–Crippen MR) is 69.2 cm³/mol. The van der Waals surface area contributed by atoms with E-state index in [-0.39, 0.29) is 18.4 Å². The number of benzene rings is 1. The Hall–Kier alpha value is -1.59. The van der Waals surface area contributed by atoms with Crippen LogP contribution in [0.5, 0.6) is 5.75 Å². The molecule has 0 radical (unpaired) electrons. The van der Waals surface area contributed by atoms with Gasteiger partial charge in [0.15, 0.2) is 6.61 Å². The summed E-state index contributed by atoms with van der Waals surface area (Å²) < 4.78 is 10.7. The molecule has 0 aromatic heterocycles. The Balaban J connectivity index is 1.77. The molecule has 3 rings (SSSR count). The highest BCUT2D eigenvalue weighted by atomic mass is 16.5. The summed E-state index contributed by atoms with van der Waals surface area (Å²) in [6.07, 6.45) is 0.291. The molecule has 1 aromatic carbocycles. The van der Waals surface area contributed by atoms with E-state index in [1.165, 1.54) is 0 Å². The summed E-state index contributed by atoms with van der Waals surface area (Å²) in [5, 5.41) is 10.2. The molecule has 0 spiro atoms. The average Bonchev–Trinajstić information content (AvgIpc) is 2.96. The number of fused-ring (bicyclic) bond motifs is 1. The molecular weight excluding hydrogens is 246 g/mol. The van der Waals surface area contributed by atoms with Crippen LogP contribution in [-0.2, 0) is 9.53 Å². The smallest absolute Gasteiger partial charge is 0.265 e. The van der Waals surface area contributed by atoms with Gasteiger partial charge in [-0.2, -0.15) is 0 Å². The molecule has 5 nitrogen and oxygen atoms in total. The monoisotopic (exact) mass is 263 g/mol. The minimum absolute atomic E-state index is 0.0326. The van der Waals surface area contributed by atoms with E-state index < -0.39 is 6.10 Å². The Kier molecular flexibility index (Phi) is 3.40. The molecule has 102 valence electrons. The number of para-hydroxylation sites is 2. The molecule has 0 bridgehead atoms. The number of rotatable bonds is 3. The quantitative estimate of drug-likeness (QED) is 0.876. The molecule has 0 aliphatic carbocycles. The predicted octanol–water partition coefficient (Wildman–Crippen LogP) is 0.809. The first-order valence-electron chi connectivity index (χ1n) is 6.53. The van der Waals surface area contributed by atoms with Crippen LogP contribution < -0.4 is 9.64 Å². The highest BCUT2D eigenvalue weighted by Crippen LogP contribution is 2.32. The second-order valence-electron chi connectivity index (χ2n) is 4.95. The van der Waals surface area contributed by atoms with Gasteiger partial charge >= 0.3 is 0 Å². The van der Waals surface area contributed by atoms with Crippen LogP contribution in [0.3, 0.4) is 0 Å². The van der Waals surface area contributed by atoms with E-state index in [9.17, 15) is 9.90 Å². The Morgan fingerprint density at radius 1 is 1.42 bits per heavy atom. The zero-order valence-corrected chi connectivity index (χ0v) is 10.6. The van der Waals surface area contributed by atoms with E-state index >= 15 is 0 Å². The zero-order chi connectivity index (χ0) is 13.2. The lowest BCUT2D eigenvalue weighted by Crippen LogP contribution is -2.45. The second-order valence-corrected chi connectivity index (χ2v) is 4.95. The number of aliphatic hydroxyl groups is 1. The van der Waals surface area contributed by atoms with Crippen molar-refractivity contribution in [3.05, 3.63) is 24.3 Å². The third-order valence-corrected chi connectivity index (χ3v) is 3.69. The van der Waals surface area contributed by atoms with Crippen LogP contribution in [0.4, 0.5) is 5.69 Å². The van der Waals surface area contributed by atoms with Gasteiger partial charge in [-0.3, -0.25) is 4.79 Å². The van der Waals surface area contributed by atoms with E-state index in [1.807, 2.05) is 24.3 Å². The lowest BCUT2D eigenvalue weighted by molar-refractivity contribution is -0.121. The lowest BCUT2D eigenvalue weighted by Gasteiger charge is -2.32. The summed E-state index contributed by atoms with van der Waals surface area (Å²) in [4.78, 5) is 13.6. The van der Waals surface area contributed by atoms with Crippen LogP contribution in [-0.4, -0.2) is 43.5 Å². The van der Waals surface area contributed by atoms with E-state index in [1.54, 1.807) is 4.90 Å². The molecule has 1 saturated heterocycles. The van der Waals surface area contributed by atoms with Crippen molar-refractivity contribution < 1.29 is 19.4 Å². The fourth-order valence-electron chi connectivity index (χ4n) is 2.55. The van der Waals surface area contributed by atoms with Gasteiger partial charge in [-0.05, 0) is 18.6 Å². The van der Waals surface area contributed by atoms with Crippen LogP contribution in [0, 0.1) is 5.92 Å². The Labute approximate surface area is 111 Å². The first-order valence-corrected chi connectivity index (χ1v) is 6.53. The first kappa shape index (κ1) is 12.4. The molecule has 1 amide bonds. The van der Waals surface area contributed by atoms with Crippen LogP contribution in [0.25, 0.3) is 0 Å². The third-order valence-electron chi connectivity index (χ3n) is 3.69.